The van der Waals surface area contributed by atoms with Gasteiger partial charge in [0.25, 0.3) is 5.56 Å². The highest BCUT2D eigenvalue weighted by Gasteiger charge is 2.34. The van der Waals surface area contributed by atoms with E-state index in [1.165, 1.54) is 5.56 Å². The molecule has 1 saturated heterocycles. The number of carbonyl (C=O) groups excluding carboxylic acids is 1. The largest absolute Gasteiger partial charge is 0.480 e. The first-order chi connectivity index (χ1) is 17.1. The number of carboxylic acid groups (broad SMARTS) is 1. The first-order valence-electron chi connectivity index (χ1n) is 12.2. The number of aliphatic carboxylic acids is 1. The Morgan fingerprint density at radius 2 is 2.03 bits per heavy atom. The summed E-state index contributed by atoms with van der Waals surface area (Å²) in [5, 5.41) is 21.3. The van der Waals surface area contributed by atoms with Crippen molar-refractivity contribution in [2.45, 2.75) is 62.4 Å². The maximum atomic E-state index is 13.0. The quantitative estimate of drug-likeness (QED) is 0.416. The summed E-state index contributed by atoms with van der Waals surface area (Å²) >= 11 is 1.69. The average Bonchev–Trinajstić information content (AvgIpc) is 3.42. The number of nitrogens with one attached hydrogen (secondary N) is 3. The number of rotatable bonds is 5. The number of thioether (sulfide) groups is 1. The number of hydrogen-bond acceptors (Lipinski definition) is 5. The van der Waals surface area contributed by atoms with E-state index in [0.29, 0.717) is 25.9 Å². The predicted octanol–water partition coefficient (Wildman–Crippen LogP) is 3.53. The molecule has 4 heterocycles. The standard InChI is InChI=1S/C26H31N5O4S/c1-14-8-15(9-17-12-27-30-21(14)17)10-20(24(33)34)28-25(35)31-6-4-16(5-7-31)18-11-19-23(29-22(18)32)36-13-26(19,2)3/h8-9,11-12,16,20H,4-7,10,13H2,1-3H3,(H,27,30)(H,28,35)(H,29,32)(H,33,34)/t20-/m1/s1. The number of urea groups is 1. The van der Waals surface area contributed by atoms with Gasteiger partial charge in [0.2, 0.25) is 0 Å². The number of H-pyrrole nitrogens is 2. The Bertz CT molecular complexity index is 1390. The first-order valence-corrected chi connectivity index (χ1v) is 13.2. The van der Waals surface area contributed by atoms with Crippen LogP contribution in [0.5, 0.6) is 0 Å². The van der Waals surface area contributed by atoms with Crippen LogP contribution in [0.4, 0.5) is 4.79 Å². The summed E-state index contributed by atoms with van der Waals surface area (Å²) in [6.07, 6.45) is 3.21. The van der Waals surface area contributed by atoms with E-state index in [-0.39, 0.29) is 29.3 Å². The van der Waals surface area contributed by atoms with Gasteiger partial charge < -0.3 is 20.3 Å². The lowest BCUT2D eigenvalue weighted by Crippen LogP contribution is -2.50. The Morgan fingerprint density at radius 1 is 1.28 bits per heavy atom. The van der Waals surface area contributed by atoms with Crippen LogP contribution in [0.3, 0.4) is 0 Å². The van der Waals surface area contributed by atoms with Crippen LogP contribution in [-0.4, -0.2) is 62.1 Å². The minimum absolute atomic E-state index is 0.0199. The monoisotopic (exact) mass is 509 g/mol. The lowest BCUT2D eigenvalue weighted by molar-refractivity contribution is -0.139. The van der Waals surface area contributed by atoms with Crippen LogP contribution >= 0.6 is 11.8 Å². The topological polar surface area (TPSA) is 131 Å². The van der Waals surface area contributed by atoms with E-state index < -0.39 is 12.0 Å². The van der Waals surface area contributed by atoms with Crippen LogP contribution in [0, 0.1) is 6.92 Å². The van der Waals surface area contributed by atoms with Gasteiger partial charge in [-0.2, -0.15) is 5.10 Å². The number of aryl methyl sites for hydroxylation is 1. The summed E-state index contributed by atoms with van der Waals surface area (Å²) in [5.74, 6) is -0.0570. The molecule has 0 saturated carbocycles. The Hall–Kier alpha value is -3.27. The van der Waals surface area contributed by atoms with Crippen molar-refractivity contribution in [3.05, 3.63) is 57.0 Å². The van der Waals surface area contributed by atoms with Crippen molar-refractivity contribution >= 4 is 34.7 Å². The molecule has 9 nitrogen and oxygen atoms in total. The normalized spacial score (nSPS) is 18.2. The number of fused-ring (bicyclic) bond motifs is 2. The molecule has 0 bridgehead atoms. The molecule has 2 amide bonds. The van der Waals surface area contributed by atoms with Crippen molar-refractivity contribution in [2.24, 2.45) is 0 Å². The van der Waals surface area contributed by atoms with Crippen LogP contribution < -0.4 is 10.9 Å². The fourth-order valence-corrected chi connectivity index (χ4v) is 6.60. The van der Waals surface area contributed by atoms with Crippen molar-refractivity contribution in [3.63, 3.8) is 0 Å². The van der Waals surface area contributed by atoms with Gasteiger partial charge in [0.15, 0.2) is 0 Å². The molecule has 0 radical (unpaired) electrons. The minimum atomic E-state index is -1.08. The third-order valence-corrected chi connectivity index (χ3v) is 8.88. The van der Waals surface area contributed by atoms with Crippen molar-refractivity contribution in [3.8, 4) is 0 Å². The van der Waals surface area contributed by atoms with E-state index >= 15 is 0 Å². The van der Waals surface area contributed by atoms with Crippen LogP contribution in [0.15, 0.2) is 34.2 Å². The van der Waals surface area contributed by atoms with Gasteiger partial charge in [-0.1, -0.05) is 19.9 Å². The number of amides is 2. The average molecular weight is 510 g/mol. The predicted molar refractivity (Wildman–Crippen MR) is 139 cm³/mol. The number of pyridine rings is 1. The molecule has 5 rings (SSSR count). The zero-order valence-corrected chi connectivity index (χ0v) is 21.5. The fourth-order valence-electron chi connectivity index (χ4n) is 5.28. The molecule has 1 atom stereocenters. The van der Waals surface area contributed by atoms with E-state index in [0.717, 1.165) is 38.4 Å². The third-order valence-electron chi connectivity index (χ3n) is 7.40. The number of aromatic nitrogens is 3. The molecule has 2 aliphatic heterocycles. The highest BCUT2D eigenvalue weighted by Crippen LogP contribution is 2.43. The van der Waals surface area contributed by atoms with E-state index in [1.54, 1.807) is 22.9 Å². The zero-order chi connectivity index (χ0) is 25.6. The number of likely N-dealkylation sites (tertiary alicyclic amines) is 1. The highest BCUT2D eigenvalue weighted by atomic mass is 32.2. The van der Waals surface area contributed by atoms with E-state index in [4.69, 9.17) is 0 Å². The van der Waals surface area contributed by atoms with Gasteiger partial charge in [-0.05, 0) is 54.5 Å². The molecular formula is C26H31N5O4S. The molecule has 2 aliphatic rings. The van der Waals surface area contributed by atoms with E-state index in [1.807, 2.05) is 19.1 Å². The van der Waals surface area contributed by atoms with Crippen molar-refractivity contribution in [1.29, 1.82) is 0 Å². The minimum Gasteiger partial charge on any atom is -0.480 e. The second-order valence-corrected chi connectivity index (χ2v) is 11.5. The lowest BCUT2D eigenvalue weighted by atomic mass is 9.84. The third kappa shape index (κ3) is 4.61. The van der Waals surface area contributed by atoms with E-state index in [2.05, 4.69) is 40.4 Å². The Morgan fingerprint density at radius 3 is 2.75 bits per heavy atom. The van der Waals surface area contributed by atoms with Crippen LogP contribution in [-0.2, 0) is 16.6 Å². The molecular weight excluding hydrogens is 478 g/mol. The van der Waals surface area contributed by atoms with Crippen molar-refractivity contribution < 1.29 is 14.7 Å². The van der Waals surface area contributed by atoms with Crippen LogP contribution in [0.1, 0.15) is 54.9 Å². The number of aromatic amines is 2. The second-order valence-electron chi connectivity index (χ2n) is 10.5. The smallest absolute Gasteiger partial charge is 0.326 e. The van der Waals surface area contributed by atoms with Gasteiger partial charge in [0, 0.05) is 41.6 Å². The summed E-state index contributed by atoms with van der Waals surface area (Å²) in [5.41, 5.74) is 4.67. The van der Waals surface area contributed by atoms with Gasteiger partial charge in [-0.25, -0.2) is 9.59 Å². The maximum absolute atomic E-state index is 13.0. The number of benzene rings is 1. The van der Waals surface area contributed by atoms with Crippen LogP contribution in [0.25, 0.3) is 10.9 Å². The Labute approximate surface area is 213 Å². The molecule has 1 aromatic carbocycles. The van der Waals surface area contributed by atoms with Crippen molar-refractivity contribution in [2.75, 3.05) is 18.8 Å². The SMILES string of the molecule is Cc1cc(C[C@@H](NC(=O)N2CCC(c3cc4c([nH]c3=O)SCC4(C)C)CC2)C(=O)O)cc2cn[nH]c12. The summed E-state index contributed by atoms with van der Waals surface area (Å²) in [4.78, 5) is 42.4. The summed E-state index contributed by atoms with van der Waals surface area (Å²) in [6, 6.07) is 4.45. The van der Waals surface area contributed by atoms with Gasteiger partial charge in [-0.15, -0.1) is 11.8 Å². The lowest BCUT2D eigenvalue weighted by Gasteiger charge is -2.33. The number of carboxylic acids is 1. The molecule has 2 aromatic heterocycles. The van der Waals surface area contributed by atoms with E-state index in [9.17, 15) is 19.5 Å². The van der Waals surface area contributed by atoms with Gasteiger partial charge in [0.05, 0.1) is 16.7 Å². The van der Waals surface area contributed by atoms with Gasteiger partial charge >= 0.3 is 12.0 Å². The Kier molecular flexibility index (Phi) is 6.32. The molecule has 3 aromatic rings. The molecule has 1 fully saturated rings. The summed E-state index contributed by atoms with van der Waals surface area (Å²) in [7, 11) is 0. The molecule has 0 unspecified atom stereocenters. The van der Waals surface area contributed by atoms with Gasteiger partial charge in [0.1, 0.15) is 6.04 Å². The number of piperidine rings is 1. The van der Waals surface area contributed by atoms with Gasteiger partial charge in [-0.3, -0.25) is 9.89 Å². The zero-order valence-electron chi connectivity index (χ0n) is 20.7. The number of carbonyl (C=O) groups is 2. The molecule has 10 heteroatoms. The molecule has 0 spiro atoms. The number of hydrogen-bond donors (Lipinski definition) is 4. The van der Waals surface area contributed by atoms with Crippen LogP contribution in [0.2, 0.25) is 0 Å². The highest BCUT2D eigenvalue weighted by molar-refractivity contribution is 7.99. The maximum Gasteiger partial charge on any atom is 0.326 e. The van der Waals surface area contributed by atoms with Crippen molar-refractivity contribution in [1.82, 2.24) is 25.4 Å². The summed E-state index contributed by atoms with van der Waals surface area (Å²) < 4.78 is 0. The summed E-state index contributed by atoms with van der Waals surface area (Å²) in [6.45, 7) is 7.26. The first kappa shape index (κ1) is 24.4. The molecule has 4 N–H and O–H groups in total. The fraction of sp³-hybridized carbons (Fsp3) is 0.462. The molecule has 190 valence electrons. The molecule has 0 aliphatic carbocycles. The second kappa shape index (κ2) is 9.31. The molecule has 36 heavy (non-hydrogen) atoms. The number of nitrogens with zero attached hydrogens (tertiary/aromatic N) is 2. The Balaban J connectivity index is 1.23.